The fourth-order valence-corrected chi connectivity index (χ4v) is 3.60. The first-order valence-electron chi connectivity index (χ1n) is 10.1. The second-order valence-electron chi connectivity index (χ2n) is 7.45. The van der Waals surface area contributed by atoms with Gasteiger partial charge in [-0.1, -0.05) is 18.2 Å². The van der Waals surface area contributed by atoms with E-state index >= 15 is 0 Å². The molecule has 0 fully saturated rings. The van der Waals surface area contributed by atoms with E-state index < -0.39 is 0 Å². The molecule has 0 saturated heterocycles. The van der Waals surface area contributed by atoms with Gasteiger partial charge in [-0.05, 0) is 48.0 Å². The maximum atomic E-state index is 12.7. The van der Waals surface area contributed by atoms with Crippen LogP contribution in [0.3, 0.4) is 0 Å². The van der Waals surface area contributed by atoms with Crippen molar-refractivity contribution in [1.82, 2.24) is 9.88 Å². The highest BCUT2D eigenvalue weighted by atomic mass is 16.5. The lowest BCUT2D eigenvalue weighted by Crippen LogP contribution is -2.27. The van der Waals surface area contributed by atoms with Crippen LogP contribution in [0.4, 0.5) is 0 Å². The predicted molar refractivity (Wildman–Crippen MR) is 120 cm³/mol. The molecule has 1 N–H and O–H groups in total. The molecule has 0 unspecified atom stereocenters. The van der Waals surface area contributed by atoms with Crippen molar-refractivity contribution >= 4 is 16.8 Å². The summed E-state index contributed by atoms with van der Waals surface area (Å²) in [4.78, 5) is 29.1. The summed E-state index contributed by atoms with van der Waals surface area (Å²) in [5, 5.41) is 0.942. The molecule has 0 spiro atoms. The van der Waals surface area contributed by atoms with E-state index in [0.29, 0.717) is 19.4 Å². The van der Waals surface area contributed by atoms with Crippen molar-refractivity contribution in [2.75, 3.05) is 14.2 Å². The summed E-state index contributed by atoms with van der Waals surface area (Å²) >= 11 is 0. The van der Waals surface area contributed by atoms with Gasteiger partial charge in [-0.3, -0.25) is 9.59 Å². The summed E-state index contributed by atoms with van der Waals surface area (Å²) < 4.78 is 11.1. The Kier molecular flexibility index (Phi) is 5.89. The van der Waals surface area contributed by atoms with E-state index in [9.17, 15) is 9.59 Å². The van der Waals surface area contributed by atoms with Gasteiger partial charge >= 0.3 is 0 Å². The zero-order chi connectivity index (χ0) is 21.8. The minimum absolute atomic E-state index is 0.00763. The number of aromatic nitrogens is 1. The zero-order valence-corrected chi connectivity index (χ0v) is 17.6. The van der Waals surface area contributed by atoms with Crippen LogP contribution in [0.15, 0.2) is 75.9 Å². The number of hydrogen-bond donors (Lipinski definition) is 1. The van der Waals surface area contributed by atoms with Gasteiger partial charge in [0.2, 0.25) is 11.5 Å². The van der Waals surface area contributed by atoms with Crippen LogP contribution >= 0.6 is 0 Å². The Bertz CT molecular complexity index is 1250. The molecular formula is C25H24N2O4. The molecule has 1 amide bonds. The van der Waals surface area contributed by atoms with E-state index in [1.807, 2.05) is 60.7 Å². The highest BCUT2D eigenvalue weighted by molar-refractivity contribution is 5.83. The van der Waals surface area contributed by atoms with Gasteiger partial charge in [0.25, 0.3) is 0 Å². The highest BCUT2D eigenvalue weighted by Crippen LogP contribution is 2.25. The number of ether oxygens (including phenoxy) is 1. The van der Waals surface area contributed by atoms with E-state index in [1.54, 1.807) is 25.1 Å². The van der Waals surface area contributed by atoms with Crippen molar-refractivity contribution in [2.45, 2.75) is 19.4 Å². The number of hydrogen-bond acceptors (Lipinski definition) is 4. The third kappa shape index (κ3) is 4.69. The Morgan fingerprint density at radius 1 is 1.06 bits per heavy atom. The van der Waals surface area contributed by atoms with Crippen molar-refractivity contribution in [1.29, 1.82) is 0 Å². The number of pyridine rings is 1. The van der Waals surface area contributed by atoms with Crippen molar-refractivity contribution in [2.24, 2.45) is 0 Å². The smallest absolute Gasteiger partial charge is 0.248 e. The molecule has 6 heteroatoms. The molecule has 0 aliphatic carbocycles. The predicted octanol–water partition coefficient (Wildman–Crippen LogP) is 4.39. The molecule has 4 rings (SSSR count). The summed E-state index contributed by atoms with van der Waals surface area (Å²) in [5.74, 6) is 2.30. The largest absolute Gasteiger partial charge is 0.497 e. The third-order valence-electron chi connectivity index (χ3n) is 5.29. The zero-order valence-electron chi connectivity index (χ0n) is 17.6. The molecule has 2 aromatic heterocycles. The lowest BCUT2D eigenvalue weighted by atomic mass is 10.1. The van der Waals surface area contributed by atoms with Gasteiger partial charge < -0.3 is 19.0 Å². The Hall–Kier alpha value is -3.80. The minimum Gasteiger partial charge on any atom is -0.497 e. The summed E-state index contributed by atoms with van der Waals surface area (Å²) in [7, 11) is 3.38. The van der Waals surface area contributed by atoms with Gasteiger partial charge in [0.05, 0.1) is 7.11 Å². The van der Waals surface area contributed by atoms with E-state index in [1.165, 1.54) is 0 Å². The van der Waals surface area contributed by atoms with Crippen molar-refractivity contribution < 1.29 is 13.9 Å². The summed E-state index contributed by atoms with van der Waals surface area (Å²) in [6.07, 6.45) is 0.836. The van der Waals surface area contributed by atoms with Gasteiger partial charge in [-0.25, -0.2) is 0 Å². The lowest BCUT2D eigenvalue weighted by Gasteiger charge is -2.18. The van der Waals surface area contributed by atoms with Crippen LogP contribution in [0.25, 0.3) is 22.2 Å². The molecule has 6 nitrogen and oxygen atoms in total. The van der Waals surface area contributed by atoms with Gasteiger partial charge in [0.1, 0.15) is 17.3 Å². The number of amides is 1. The molecule has 0 aliphatic heterocycles. The van der Waals surface area contributed by atoms with E-state index in [0.717, 1.165) is 39.3 Å². The Balaban J connectivity index is 1.39. The number of para-hydroxylation sites is 1. The molecule has 0 atom stereocenters. The normalized spacial score (nSPS) is 10.9. The van der Waals surface area contributed by atoms with E-state index in [4.69, 9.17) is 9.15 Å². The van der Waals surface area contributed by atoms with Crippen molar-refractivity contribution in [3.63, 3.8) is 0 Å². The average Bonchev–Trinajstić information content (AvgIpc) is 3.26. The molecule has 31 heavy (non-hydrogen) atoms. The Morgan fingerprint density at radius 2 is 1.84 bits per heavy atom. The molecule has 4 aromatic rings. The average molecular weight is 416 g/mol. The number of carbonyl (C=O) groups excluding carboxylic acids is 1. The van der Waals surface area contributed by atoms with Crippen LogP contribution in [0.1, 0.15) is 17.7 Å². The van der Waals surface area contributed by atoms with Gasteiger partial charge in [0, 0.05) is 49.0 Å². The number of H-pyrrole nitrogens is 1. The van der Waals surface area contributed by atoms with Gasteiger partial charge in [-0.2, -0.15) is 0 Å². The third-order valence-corrected chi connectivity index (χ3v) is 5.29. The SMILES string of the molecule is COc1ccc(-c2ccc(CCC(=O)N(C)Cc3cc(=O)[nH]c4ccccc34)o2)cc1. The maximum Gasteiger partial charge on any atom is 0.248 e. The minimum atomic E-state index is -0.170. The molecule has 0 saturated carbocycles. The van der Waals surface area contributed by atoms with E-state index in [2.05, 4.69) is 4.98 Å². The van der Waals surface area contributed by atoms with E-state index in [-0.39, 0.29) is 11.5 Å². The maximum absolute atomic E-state index is 12.7. The molecule has 158 valence electrons. The highest BCUT2D eigenvalue weighted by Gasteiger charge is 2.14. The number of methoxy groups -OCH3 is 1. The first-order valence-corrected chi connectivity index (χ1v) is 10.1. The fourth-order valence-electron chi connectivity index (χ4n) is 3.60. The van der Waals surface area contributed by atoms with Crippen LogP contribution in [-0.2, 0) is 17.8 Å². The monoisotopic (exact) mass is 416 g/mol. The van der Waals surface area contributed by atoms with Crippen molar-refractivity contribution in [3.05, 3.63) is 88.4 Å². The number of nitrogens with one attached hydrogen (secondary N) is 1. The Labute approximate surface area is 180 Å². The number of furan rings is 1. The second kappa shape index (κ2) is 8.92. The fraction of sp³-hybridized carbons (Fsp3) is 0.200. The summed E-state index contributed by atoms with van der Waals surface area (Å²) in [5.41, 5.74) is 2.38. The number of aromatic amines is 1. The van der Waals surface area contributed by atoms with Crippen molar-refractivity contribution in [3.8, 4) is 17.1 Å². The van der Waals surface area contributed by atoms with Gasteiger partial charge in [0.15, 0.2) is 0 Å². The quantitative estimate of drug-likeness (QED) is 0.485. The first-order chi connectivity index (χ1) is 15.0. The molecule has 0 aliphatic rings. The van der Waals surface area contributed by atoms with Crippen LogP contribution in [0.2, 0.25) is 0 Å². The molecular weight excluding hydrogens is 392 g/mol. The summed E-state index contributed by atoms with van der Waals surface area (Å²) in [6, 6.07) is 20.6. The van der Waals surface area contributed by atoms with Crippen LogP contribution in [0, 0.1) is 0 Å². The number of carbonyl (C=O) groups is 1. The topological polar surface area (TPSA) is 75.5 Å². The van der Waals surface area contributed by atoms with Crippen LogP contribution < -0.4 is 10.3 Å². The number of benzene rings is 2. The number of rotatable bonds is 7. The Morgan fingerprint density at radius 3 is 2.61 bits per heavy atom. The molecule has 2 heterocycles. The first kappa shape index (κ1) is 20.5. The molecule has 0 radical (unpaired) electrons. The van der Waals surface area contributed by atoms with Crippen LogP contribution in [-0.4, -0.2) is 29.9 Å². The standard InChI is InChI=1S/C25H24N2O4/c1-27(16-18-15-24(28)26-22-6-4-3-5-21(18)22)25(29)14-12-20-11-13-23(31-20)17-7-9-19(30-2)10-8-17/h3-11,13,15H,12,14,16H2,1-2H3,(H,26,28). The molecule has 2 aromatic carbocycles. The summed E-state index contributed by atoms with van der Waals surface area (Å²) in [6.45, 7) is 0.374. The lowest BCUT2D eigenvalue weighted by molar-refractivity contribution is -0.130. The molecule has 0 bridgehead atoms. The van der Waals surface area contributed by atoms with Crippen LogP contribution in [0.5, 0.6) is 5.75 Å². The van der Waals surface area contributed by atoms with Gasteiger partial charge in [-0.15, -0.1) is 0 Å². The second-order valence-corrected chi connectivity index (χ2v) is 7.45. The number of nitrogens with zero attached hydrogens (tertiary/aromatic N) is 1. The number of aryl methyl sites for hydroxylation is 1. The number of fused-ring (bicyclic) bond motifs is 1.